The van der Waals surface area contributed by atoms with Crippen LogP contribution in [-0.2, 0) is 9.53 Å². The third kappa shape index (κ3) is 3.62. The van der Waals surface area contributed by atoms with Crippen molar-refractivity contribution >= 4 is 35.0 Å². The molecule has 2 aromatic heterocycles. The monoisotopic (exact) mass is 439 g/mol. The molecule has 0 N–H and O–H groups in total. The first kappa shape index (κ1) is 20.3. The van der Waals surface area contributed by atoms with E-state index in [1.165, 1.54) is 15.9 Å². The van der Waals surface area contributed by atoms with Crippen LogP contribution in [0, 0.1) is 0 Å². The van der Waals surface area contributed by atoms with Crippen LogP contribution in [0.15, 0.2) is 69.8 Å². The zero-order chi connectivity index (χ0) is 21.3. The Labute approximate surface area is 181 Å². The Morgan fingerprint density at radius 2 is 2.00 bits per heavy atom. The van der Waals surface area contributed by atoms with E-state index in [-0.39, 0.29) is 12.2 Å². The summed E-state index contributed by atoms with van der Waals surface area (Å²) >= 11 is 7.75. The van der Waals surface area contributed by atoms with E-state index in [0.29, 0.717) is 31.2 Å². The highest BCUT2D eigenvalue weighted by atomic mass is 35.5. The van der Waals surface area contributed by atoms with Gasteiger partial charge in [-0.25, -0.2) is 9.79 Å². The smallest absolute Gasteiger partial charge is 0.338 e. The summed E-state index contributed by atoms with van der Waals surface area (Å²) in [6, 6.07) is 10.1. The number of allylic oxidation sites excluding steroid dienone is 1. The van der Waals surface area contributed by atoms with Gasteiger partial charge in [-0.1, -0.05) is 41.1 Å². The fourth-order valence-electron chi connectivity index (χ4n) is 3.39. The maximum absolute atomic E-state index is 13.4. The van der Waals surface area contributed by atoms with Crippen molar-refractivity contribution in [2.45, 2.75) is 19.9 Å². The van der Waals surface area contributed by atoms with Crippen molar-refractivity contribution < 1.29 is 9.53 Å². The molecule has 3 heterocycles. The molecule has 0 bridgehead atoms. The number of fused-ring (bicyclic) bond motifs is 1. The summed E-state index contributed by atoms with van der Waals surface area (Å²) in [5.41, 5.74) is 2.08. The molecular formula is C22H18ClN3O3S. The summed E-state index contributed by atoms with van der Waals surface area (Å²) < 4.78 is 7.31. The number of carbonyl (C=O) groups excluding carboxylic acids is 1. The lowest BCUT2D eigenvalue weighted by molar-refractivity contribution is -0.139. The summed E-state index contributed by atoms with van der Waals surface area (Å²) in [7, 11) is 0. The van der Waals surface area contributed by atoms with Crippen molar-refractivity contribution in [3.05, 3.63) is 95.9 Å². The predicted molar refractivity (Wildman–Crippen MR) is 116 cm³/mol. The van der Waals surface area contributed by atoms with Crippen molar-refractivity contribution in [3.63, 3.8) is 0 Å². The Hall–Kier alpha value is -3.03. The minimum atomic E-state index is -0.714. The standard InChI is InChI=1S/C22H18ClN3O3S/c1-3-29-21(28)18-13(2)25-22-26(19(18)15-6-4-5-7-16(15)23)20(27)17(30-22)12-14-8-10-24-11-9-14/h4-12,19H,3H2,1-2H3/b17-12-. The van der Waals surface area contributed by atoms with Crippen LogP contribution in [0.4, 0.5) is 0 Å². The summed E-state index contributed by atoms with van der Waals surface area (Å²) in [6.45, 7) is 3.70. The first-order valence-corrected chi connectivity index (χ1v) is 10.5. The first-order chi connectivity index (χ1) is 14.5. The van der Waals surface area contributed by atoms with Crippen molar-refractivity contribution in [1.82, 2.24) is 9.55 Å². The SMILES string of the molecule is CCOC(=O)C1=C(C)N=c2s/c(=C\c3ccncc3)c(=O)n2C1c1ccccc1Cl. The summed E-state index contributed by atoms with van der Waals surface area (Å²) in [4.78, 5) is 35.3. The lowest BCUT2D eigenvalue weighted by Gasteiger charge is -2.25. The average Bonchev–Trinajstić information content (AvgIpc) is 3.03. The van der Waals surface area contributed by atoms with Crippen molar-refractivity contribution in [2.75, 3.05) is 6.61 Å². The molecule has 1 unspecified atom stereocenters. The van der Waals surface area contributed by atoms with E-state index in [1.807, 2.05) is 24.3 Å². The summed E-state index contributed by atoms with van der Waals surface area (Å²) in [5.74, 6) is -0.507. The van der Waals surface area contributed by atoms with Crippen LogP contribution in [0.1, 0.15) is 31.0 Å². The molecule has 0 spiro atoms. The molecule has 0 saturated heterocycles. The number of halogens is 1. The van der Waals surface area contributed by atoms with Gasteiger partial charge in [0, 0.05) is 17.4 Å². The van der Waals surface area contributed by atoms with Gasteiger partial charge in [-0.05, 0) is 49.2 Å². The van der Waals surface area contributed by atoms with Gasteiger partial charge in [0.25, 0.3) is 5.56 Å². The number of benzene rings is 1. The number of carbonyl (C=O) groups is 1. The lowest BCUT2D eigenvalue weighted by atomic mass is 9.96. The Kier molecular flexibility index (Phi) is 5.65. The quantitative estimate of drug-likeness (QED) is 0.586. The molecule has 30 heavy (non-hydrogen) atoms. The van der Waals surface area contributed by atoms with E-state index in [1.54, 1.807) is 44.4 Å². The second kappa shape index (κ2) is 8.38. The molecule has 8 heteroatoms. The molecular weight excluding hydrogens is 422 g/mol. The Morgan fingerprint density at radius 3 is 2.70 bits per heavy atom. The van der Waals surface area contributed by atoms with Crippen molar-refractivity contribution in [2.24, 2.45) is 4.99 Å². The molecule has 0 amide bonds. The minimum absolute atomic E-state index is 0.220. The summed E-state index contributed by atoms with van der Waals surface area (Å²) in [6.07, 6.45) is 5.12. The van der Waals surface area contributed by atoms with Crippen LogP contribution in [0.2, 0.25) is 5.02 Å². The average molecular weight is 440 g/mol. The number of esters is 1. The number of rotatable bonds is 4. The number of pyridine rings is 1. The number of thiazole rings is 1. The normalized spacial score (nSPS) is 16.2. The largest absolute Gasteiger partial charge is 0.463 e. The second-order valence-corrected chi connectivity index (χ2v) is 8.02. The van der Waals surface area contributed by atoms with E-state index >= 15 is 0 Å². The van der Waals surface area contributed by atoms with Crippen LogP contribution in [0.25, 0.3) is 6.08 Å². The highest BCUT2D eigenvalue weighted by Gasteiger charge is 2.34. The third-order valence-electron chi connectivity index (χ3n) is 4.72. The minimum Gasteiger partial charge on any atom is -0.463 e. The first-order valence-electron chi connectivity index (χ1n) is 9.35. The number of nitrogens with zero attached hydrogens (tertiary/aromatic N) is 3. The van der Waals surface area contributed by atoms with Gasteiger partial charge in [0.15, 0.2) is 4.80 Å². The molecule has 152 valence electrons. The second-order valence-electron chi connectivity index (χ2n) is 6.60. The molecule has 1 aromatic carbocycles. The van der Waals surface area contributed by atoms with Crippen LogP contribution in [-0.4, -0.2) is 22.1 Å². The van der Waals surface area contributed by atoms with Gasteiger partial charge in [-0.3, -0.25) is 14.3 Å². The number of hydrogen-bond donors (Lipinski definition) is 0. The van der Waals surface area contributed by atoms with E-state index in [9.17, 15) is 9.59 Å². The zero-order valence-corrected chi connectivity index (χ0v) is 17.9. The van der Waals surface area contributed by atoms with Crippen LogP contribution in [0.5, 0.6) is 0 Å². The molecule has 0 radical (unpaired) electrons. The highest BCUT2D eigenvalue weighted by Crippen LogP contribution is 2.34. The molecule has 3 aromatic rings. The molecule has 1 atom stereocenters. The molecule has 0 aliphatic carbocycles. The maximum atomic E-state index is 13.4. The van der Waals surface area contributed by atoms with Crippen molar-refractivity contribution in [1.29, 1.82) is 0 Å². The fraction of sp³-hybridized carbons (Fsp3) is 0.182. The van der Waals surface area contributed by atoms with Gasteiger partial charge in [-0.15, -0.1) is 0 Å². The van der Waals surface area contributed by atoms with E-state index < -0.39 is 12.0 Å². The van der Waals surface area contributed by atoms with Gasteiger partial charge in [0.05, 0.1) is 22.4 Å². The molecule has 1 aliphatic rings. The van der Waals surface area contributed by atoms with Gasteiger partial charge in [-0.2, -0.15) is 0 Å². The molecule has 6 nitrogen and oxygen atoms in total. The van der Waals surface area contributed by atoms with E-state index in [2.05, 4.69) is 9.98 Å². The molecule has 4 rings (SSSR count). The molecule has 0 saturated carbocycles. The fourth-order valence-corrected chi connectivity index (χ4v) is 4.68. The highest BCUT2D eigenvalue weighted by molar-refractivity contribution is 7.07. The van der Waals surface area contributed by atoms with Gasteiger partial charge < -0.3 is 4.74 Å². The van der Waals surface area contributed by atoms with Gasteiger partial charge in [0.2, 0.25) is 0 Å². The number of aromatic nitrogens is 2. The summed E-state index contributed by atoms with van der Waals surface area (Å²) in [5, 5.41) is 0.461. The predicted octanol–water partition coefficient (Wildman–Crippen LogP) is 2.85. The Bertz CT molecular complexity index is 1330. The molecule has 0 fully saturated rings. The van der Waals surface area contributed by atoms with Gasteiger partial charge in [0.1, 0.15) is 6.04 Å². The Morgan fingerprint density at radius 1 is 1.27 bits per heavy atom. The van der Waals surface area contributed by atoms with Crippen LogP contribution in [0.3, 0.4) is 0 Å². The molecule has 1 aliphatic heterocycles. The van der Waals surface area contributed by atoms with E-state index in [4.69, 9.17) is 16.3 Å². The van der Waals surface area contributed by atoms with Crippen LogP contribution >= 0.6 is 22.9 Å². The Balaban J connectivity index is 1.99. The maximum Gasteiger partial charge on any atom is 0.338 e. The van der Waals surface area contributed by atoms with Gasteiger partial charge >= 0.3 is 5.97 Å². The third-order valence-corrected chi connectivity index (χ3v) is 6.05. The van der Waals surface area contributed by atoms with Crippen molar-refractivity contribution in [3.8, 4) is 0 Å². The number of ether oxygens (including phenoxy) is 1. The lowest BCUT2D eigenvalue weighted by Crippen LogP contribution is -2.40. The van der Waals surface area contributed by atoms with E-state index in [0.717, 1.165) is 5.56 Å². The topological polar surface area (TPSA) is 73.6 Å². The van der Waals surface area contributed by atoms with Crippen LogP contribution < -0.4 is 14.9 Å². The zero-order valence-electron chi connectivity index (χ0n) is 16.3. The number of hydrogen-bond acceptors (Lipinski definition) is 6.